The highest BCUT2D eigenvalue weighted by Crippen LogP contribution is 2.23. The minimum atomic E-state index is 0.677. The maximum Gasteiger partial charge on any atom is 0.167 e. The van der Waals surface area contributed by atoms with Crippen LogP contribution in [0.2, 0.25) is 0 Å². The molecule has 0 saturated heterocycles. The van der Waals surface area contributed by atoms with Crippen molar-refractivity contribution < 1.29 is 4.79 Å². The average Bonchev–Trinajstić information content (AvgIpc) is 2.82. The molecule has 0 aliphatic carbocycles. The lowest BCUT2D eigenvalue weighted by Gasteiger charge is -1.96. The van der Waals surface area contributed by atoms with Gasteiger partial charge in [0.15, 0.2) is 6.29 Å². The molecule has 0 atom stereocenters. The summed E-state index contributed by atoms with van der Waals surface area (Å²) in [5.41, 5.74) is 2.61. The molecule has 1 aromatic heterocycles. The lowest BCUT2D eigenvalue weighted by molar-refractivity contribution is 0.111. The fraction of sp³-hybridized carbons (Fsp3) is 0.450. The molecule has 0 unspecified atom stereocenters. The molecule has 116 valence electrons. The van der Waals surface area contributed by atoms with E-state index in [1.165, 1.54) is 32.1 Å². The Balaban J connectivity index is 2.03. The van der Waals surface area contributed by atoms with Crippen LogP contribution in [0.5, 0.6) is 0 Å². The zero-order valence-electron chi connectivity index (χ0n) is 13.7. The van der Waals surface area contributed by atoms with Gasteiger partial charge >= 0.3 is 0 Å². The van der Waals surface area contributed by atoms with Crippen LogP contribution < -0.4 is 0 Å². The number of carbonyl (C=O) groups is 1. The summed E-state index contributed by atoms with van der Waals surface area (Å²) in [7, 11) is 1.92. The number of fused-ring (bicyclic) bond motifs is 1. The van der Waals surface area contributed by atoms with E-state index in [2.05, 4.69) is 18.8 Å². The van der Waals surface area contributed by atoms with E-state index in [0.717, 1.165) is 35.6 Å². The molecule has 2 nitrogen and oxygen atoms in total. The number of aromatic nitrogens is 1. The monoisotopic (exact) mass is 295 g/mol. The quantitative estimate of drug-likeness (QED) is 0.396. The molecule has 22 heavy (non-hydrogen) atoms. The lowest BCUT2D eigenvalue weighted by Crippen LogP contribution is -1.95. The number of aryl methyl sites for hydroxylation is 1. The van der Waals surface area contributed by atoms with Gasteiger partial charge in [0.25, 0.3) is 0 Å². The third-order valence-corrected chi connectivity index (χ3v) is 4.13. The lowest BCUT2D eigenvalue weighted by atomic mass is 10.1. The third kappa shape index (κ3) is 3.80. The molecule has 2 rings (SSSR count). The van der Waals surface area contributed by atoms with Crippen molar-refractivity contribution in [2.24, 2.45) is 7.05 Å². The number of hydrogen-bond acceptors (Lipinski definition) is 1. The molecule has 0 aliphatic heterocycles. The van der Waals surface area contributed by atoms with E-state index in [0.29, 0.717) is 5.69 Å². The van der Waals surface area contributed by atoms with Crippen molar-refractivity contribution in [2.75, 3.05) is 0 Å². The minimum Gasteiger partial charge on any atom is -0.340 e. The van der Waals surface area contributed by atoms with Crippen molar-refractivity contribution >= 4 is 17.2 Å². The van der Waals surface area contributed by atoms with Gasteiger partial charge in [-0.3, -0.25) is 4.79 Å². The van der Waals surface area contributed by atoms with E-state index in [-0.39, 0.29) is 0 Å². The first-order valence-electron chi connectivity index (χ1n) is 8.31. The number of benzene rings is 1. The van der Waals surface area contributed by atoms with Crippen LogP contribution in [0.25, 0.3) is 10.9 Å². The summed E-state index contributed by atoms with van der Waals surface area (Å²) in [6, 6.07) is 8.05. The van der Waals surface area contributed by atoms with Crippen LogP contribution >= 0.6 is 0 Å². The third-order valence-electron chi connectivity index (χ3n) is 4.13. The fourth-order valence-electron chi connectivity index (χ4n) is 2.83. The Morgan fingerprint density at radius 3 is 2.59 bits per heavy atom. The second-order valence-corrected chi connectivity index (χ2v) is 5.77. The van der Waals surface area contributed by atoms with Crippen LogP contribution in [0.15, 0.2) is 24.3 Å². The van der Waals surface area contributed by atoms with Crippen LogP contribution in [0.3, 0.4) is 0 Å². The molecule has 0 aliphatic rings. The number of hydrogen-bond donors (Lipinski definition) is 0. The molecule has 0 radical (unpaired) electrons. The normalized spacial score (nSPS) is 10.5. The Hall–Kier alpha value is -2.01. The summed E-state index contributed by atoms with van der Waals surface area (Å²) in [6.45, 7) is 2.24. The Morgan fingerprint density at radius 2 is 1.82 bits per heavy atom. The molecule has 0 N–H and O–H groups in total. The molecule has 0 fully saturated rings. The standard InChI is InChI=1S/C20H25NO/c1-3-4-5-6-7-8-9-10-13-18-17-14-11-12-15-19(17)21(2)20(18)16-22/h11-12,14-16H,3-9H2,1-2H3. The largest absolute Gasteiger partial charge is 0.340 e. The second kappa shape index (κ2) is 8.44. The molecule has 1 heterocycles. The molecule has 2 heteroatoms. The zero-order chi connectivity index (χ0) is 15.8. The topological polar surface area (TPSA) is 22.0 Å². The Morgan fingerprint density at radius 1 is 1.09 bits per heavy atom. The van der Waals surface area contributed by atoms with Crippen LogP contribution in [-0.4, -0.2) is 10.9 Å². The summed E-state index contributed by atoms with van der Waals surface area (Å²) in [5, 5.41) is 1.07. The van der Waals surface area contributed by atoms with Crippen LogP contribution in [0, 0.1) is 11.8 Å². The Bertz CT molecular complexity index is 685. The molecule has 0 saturated carbocycles. The number of nitrogens with zero attached hydrogens (tertiary/aromatic N) is 1. The van der Waals surface area contributed by atoms with Gasteiger partial charge in [0.1, 0.15) is 0 Å². The first-order valence-corrected chi connectivity index (χ1v) is 8.31. The molecular formula is C20H25NO. The van der Waals surface area contributed by atoms with Gasteiger partial charge in [0.05, 0.1) is 11.3 Å². The molecule has 0 amide bonds. The van der Waals surface area contributed by atoms with E-state index < -0.39 is 0 Å². The van der Waals surface area contributed by atoms with Crippen molar-refractivity contribution in [3.05, 3.63) is 35.5 Å². The van der Waals surface area contributed by atoms with Gasteiger partial charge in [0.2, 0.25) is 0 Å². The number of carbonyl (C=O) groups excluding carboxylic acids is 1. The van der Waals surface area contributed by atoms with Gasteiger partial charge < -0.3 is 4.57 Å². The maximum atomic E-state index is 11.4. The first kappa shape index (κ1) is 16.4. The number of rotatable bonds is 7. The molecule has 2 aromatic rings. The van der Waals surface area contributed by atoms with Crippen molar-refractivity contribution in [2.45, 2.75) is 51.9 Å². The highest BCUT2D eigenvalue weighted by Gasteiger charge is 2.11. The first-order chi connectivity index (χ1) is 10.8. The van der Waals surface area contributed by atoms with Crippen molar-refractivity contribution in [3.8, 4) is 11.8 Å². The molecule has 0 spiro atoms. The van der Waals surface area contributed by atoms with Gasteiger partial charge in [-0.2, -0.15) is 0 Å². The van der Waals surface area contributed by atoms with Crippen molar-refractivity contribution in [1.82, 2.24) is 4.57 Å². The van der Waals surface area contributed by atoms with Crippen LogP contribution in [0.4, 0.5) is 0 Å². The van der Waals surface area contributed by atoms with E-state index in [1.54, 1.807) is 0 Å². The van der Waals surface area contributed by atoms with Gasteiger partial charge in [-0.25, -0.2) is 0 Å². The smallest absolute Gasteiger partial charge is 0.167 e. The predicted molar refractivity (Wildman–Crippen MR) is 93.2 cm³/mol. The van der Waals surface area contributed by atoms with E-state index in [1.807, 2.05) is 35.9 Å². The number of unbranched alkanes of at least 4 members (excludes halogenated alkanes) is 6. The van der Waals surface area contributed by atoms with Crippen molar-refractivity contribution in [1.29, 1.82) is 0 Å². The summed E-state index contributed by atoms with van der Waals surface area (Å²) in [4.78, 5) is 11.4. The second-order valence-electron chi connectivity index (χ2n) is 5.77. The summed E-state index contributed by atoms with van der Waals surface area (Å²) in [5.74, 6) is 6.48. The minimum absolute atomic E-state index is 0.677. The highest BCUT2D eigenvalue weighted by molar-refractivity contribution is 5.95. The Kier molecular flexibility index (Phi) is 6.27. The van der Waals surface area contributed by atoms with E-state index in [4.69, 9.17) is 0 Å². The predicted octanol–water partition coefficient (Wildman–Crippen LogP) is 5.09. The van der Waals surface area contributed by atoms with Gasteiger partial charge in [0, 0.05) is 24.4 Å². The SMILES string of the molecule is CCCCCCCCC#Cc1c(C=O)n(C)c2ccccc12. The van der Waals surface area contributed by atoms with Crippen LogP contribution in [0.1, 0.15) is 67.9 Å². The highest BCUT2D eigenvalue weighted by atomic mass is 16.1. The summed E-state index contributed by atoms with van der Waals surface area (Å²) >= 11 is 0. The Labute approximate surface area is 133 Å². The van der Waals surface area contributed by atoms with E-state index >= 15 is 0 Å². The molecule has 1 aromatic carbocycles. The maximum absolute atomic E-state index is 11.4. The van der Waals surface area contributed by atoms with Gasteiger partial charge in [-0.1, -0.05) is 69.1 Å². The van der Waals surface area contributed by atoms with Crippen molar-refractivity contribution in [3.63, 3.8) is 0 Å². The van der Waals surface area contributed by atoms with Crippen LogP contribution in [-0.2, 0) is 7.05 Å². The van der Waals surface area contributed by atoms with Gasteiger partial charge in [-0.05, 0) is 12.5 Å². The fourth-order valence-corrected chi connectivity index (χ4v) is 2.83. The average molecular weight is 295 g/mol. The molecular weight excluding hydrogens is 270 g/mol. The zero-order valence-corrected chi connectivity index (χ0v) is 13.7. The summed E-state index contributed by atoms with van der Waals surface area (Å²) in [6.07, 6.45) is 9.50. The van der Waals surface area contributed by atoms with Gasteiger partial charge in [-0.15, -0.1) is 0 Å². The summed E-state index contributed by atoms with van der Waals surface area (Å²) < 4.78 is 1.93. The molecule has 0 bridgehead atoms. The van der Waals surface area contributed by atoms with E-state index in [9.17, 15) is 4.79 Å². The number of para-hydroxylation sites is 1. The number of aldehydes is 1.